The van der Waals surface area contributed by atoms with Crippen molar-refractivity contribution in [3.05, 3.63) is 12.7 Å². The van der Waals surface area contributed by atoms with Crippen LogP contribution >= 0.6 is 0 Å². The van der Waals surface area contributed by atoms with Gasteiger partial charge in [-0.2, -0.15) is 0 Å². The van der Waals surface area contributed by atoms with Crippen LogP contribution in [0.2, 0.25) is 0 Å². The van der Waals surface area contributed by atoms with Crippen molar-refractivity contribution in [3.8, 4) is 0 Å². The van der Waals surface area contributed by atoms with Crippen LogP contribution in [0.25, 0.3) is 0 Å². The summed E-state index contributed by atoms with van der Waals surface area (Å²) in [5, 5.41) is 9.19. The molecule has 5 nitrogen and oxygen atoms in total. The molecular weight excluding hydrogens is 246 g/mol. The van der Waals surface area contributed by atoms with Crippen LogP contribution in [0, 0.1) is 11.8 Å². The molecule has 1 saturated heterocycles. The van der Waals surface area contributed by atoms with Gasteiger partial charge in [-0.25, -0.2) is 4.79 Å². The van der Waals surface area contributed by atoms with E-state index in [9.17, 15) is 14.7 Å². The molecule has 1 fully saturated rings. The smallest absolute Gasteiger partial charge is 0.410 e. The summed E-state index contributed by atoms with van der Waals surface area (Å²) in [4.78, 5) is 24.7. The van der Waals surface area contributed by atoms with Gasteiger partial charge >= 0.3 is 12.1 Å². The van der Waals surface area contributed by atoms with Crippen LogP contribution in [0.5, 0.6) is 0 Å². The number of carboxylic acids is 1. The third-order valence-electron chi connectivity index (χ3n) is 3.18. The van der Waals surface area contributed by atoms with Crippen molar-refractivity contribution in [2.24, 2.45) is 11.8 Å². The molecule has 1 N–H and O–H groups in total. The normalized spacial score (nSPS) is 21.0. The van der Waals surface area contributed by atoms with Crippen LogP contribution in [0.3, 0.4) is 0 Å². The minimum Gasteiger partial charge on any atom is -0.481 e. The van der Waals surface area contributed by atoms with Gasteiger partial charge in [0.2, 0.25) is 0 Å². The lowest BCUT2D eigenvalue weighted by Crippen LogP contribution is -2.36. The zero-order valence-corrected chi connectivity index (χ0v) is 11.9. The van der Waals surface area contributed by atoms with Crippen molar-refractivity contribution in [1.29, 1.82) is 0 Å². The van der Waals surface area contributed by atoms with E-state index in [1.54, 1.807) is 11.0 Å². The number of rotatable bonds is 4. The van der Waals surface area contributed by atoms with Crippen LogP contribution in [0.1, 0.15) is 33.6 Å². The third kappa shape index (κ3) is 4.58. The summed E-state index contributed by atoms with van der Waals surface area (Å²) in [5.41, 5.74) is -0.525. The number of ether oxygens (including phenoxy) is 1. The summed E-state index contributed by atoms with van der Waals surface area (Å²) in [6.45, 7) is 10.0. The second kappa shape index (κ2) is 6.08. The van der Waals surface area contributed by atoms with Crippen molar-refractivity contribution in [2.45, 2.75) is 39.2 Å². The second-order valence-electron chi connectivity index (χ2n) is 5.94. The Kier molecular flexibility index (Phi) is 4.97. The lowest BCUT2D eigenvalue weighted by Gasteiger charge is -2.25. The highest BCUT2D eigenvalue weighted by Gasteiger charge is 2.36. The van der Waals surface area contributed by atoms with E-state index in [4.69, 9.17) is 4.74 Å². The molecule has 2 atom stereocenters. The first-order valence-electron chi connectivity index (χ1n) is 6.56. The molecule has 1 rings (SSSR count). The first-order valence-corrected chi connectivity index (χ1v) is 6.56. The molecule has 0 aromatic heterocycles. The fraction of sp³-hybridized carbons (Fsp3) is 0.714. The largest absolute Gasteiger partial charge is 0.481 e. The number of carboxylic acid groups (broad SMARTS) is 1. The number of likely N-dealkylation sites (tertiary alicyclic amines) is 1. The molecule has 0 aromatic carbocycles. The number of amides is 1. The molecule has 0 bridgehead atoms. The van der Waals surface area contributed by atoms with Crippen LogP contribution < -0.4 is 0 Å². The van der Waals surface area contributed by atoms with Gasteiger partial charge in [-0.3, -0.25) is 4.79 Å². The lowest BCUT2D eigenvalue weighted by atomic mass is 9.89. The number of carbonyl (C=O) groups is 2. The number of allylic oxidation sites excluding steroid dienone is 1. The van der Waals surface area contributed by atoms with Crippen molar-refractivity contribution >= 4 is 12.1 Å². The van der Waals surface area contributed by atoms with Gasteiger partial charge in [-0.05, 0) is 39.5 Å². The highest BCUT2D eigenvalue weighted by atomic mass is 16.6. The fourth-order valence-corrected chi connectivity index (χ4v) is 2.28. The molecule has 0 spiro atoms. The van der Waals surface area contributed by atoms with E-state index in [1.807, 2.05) is 20.8 Å². The molecular formula is C14H23NO4. The Balaban J connectivity index is 2.59. The first kappa shape index (κ1) is 15.5. The maximum Gasteiger partial charge on any atom is 0.410 e. The van der Waals surface area contributed by atoms with Crippen molar-refractivity contribution in [3.63, 3.8) is 0 Å². The highest BCUT2D eigenvalue weighted by Crippen LogP contribution is 2.28. The number of carbonyl (C=O) groups excluding carboxylic acids is 1. The van der Waals surface area contributed by atoms with E-state index < -0.39 is 17.5 Å². The van der Waals surface area contributed by atoms with Crippen molar-refractivity contribution < 1.29 is 19.4 Å². The summed E-state index contributed by atoms with van der Waals surface area (Å²) in [6.07, 6.45) is 2.39. The average molecular weight is 269 g/mol. The molecule has 0 aromatic rings. The van der Waals surface area contributed by atoms with Crippen LogP contribution in [-0.2, 0) is 9.53 Å². The van der Waals surface area contributed by atoms with Gasteiger partial charge < -0.3 is 14.7 Å². The van der Waals surface area contributed by atoms with Crippen LogP contribution in [-0.4, -0.2) is 40.8 Å². The first-order chi connectivity index (χ1) is 8.74. The molecule has 1 aliphatic rings. The quantitative estimate of drug-likeness (QED) is 0.796. The van der Waals surface area contributed by atoms with Gasteiger partial charge in [-0.15, -0.1) is 6.58 Å². The summed E-state index contributed by atoms with van der Waals surface area (Å²) in [6, 6.07) is 0. The summed E-state index contributed by atoms with van der Waals surface area (Å²) in [7, 11) is 0. The predicted molar refractivity (Wildman–Crippen MR) is 71.9 cm³/mol. The van der Waals surface area contributed by atoms with Crippen LogP contribution in [0.4, 0.5) is 4.79 Å². The second-order valence-corrected chi connectivity index (χ2v) is 5.94. The molecule has 108 valence electrons. The highest BCUT2D eigenvalue weighted by molar-refractivity contribution is 5.72. The van der Waals surface area contributed by atoms with Gasteiger partial charge in [0.1, 0.15) is 5.60 Å². The summed E-state index contributed by atoms with van der Waals surface area (Å²) >= 11 is 0. The Bertz CT molecular complexity index is 359. The Morgan fingerprint density at radius 3 is 2.63 bits per heavy atom. The number of nitrogens with zero attached hydrogens (tertiary/aromatic N) is 1. The predicted octanol–water partition coefficient (Wildman–Crippen LogP) is 2.52. The fourth-order valence-electron chi connectivity index (χ4n) is 2.28. The van der Waals surface area contributed by atoms with Gasteiger partial charge in [0.25, 0.3) is 0 Å². The van der Waals surface area contributed by atoms with E-state index in [0.29, 0.717) is 25.9 Å². The lowest BCUT2D eigenvalue weighted by molar-refractivity contribution is -0.143. The number of hydrogen-bond acceptors (Lipinski definition) is 3. The van der Waals surface area contributed by atoms with E-state index >= 15 is 0 Å². The maximum absolute atomic E-state index is 11.9. The van der Waals surface area contributed by atoms with E-state index in [0.717, 1.165) is 0 Å². The standard InChI is InChI=1S/C14H23NO4/c1-5-6-11(12(16)17)10-7-8-15(9-10)13(18)19-14(2,3)4/h5,10-11H,1,6-9H2,2-4H3,(H,16,17)/t10-,11-/m0/s1. The summed E-state index contributed by atoms with van der Waals surface area (Å²) in [5.74, 6) is -1.32. The third-order valence-corrected chi connectivity index (χ3v) is 3.18. The molecule has 0 aliphatic carbocycles. The zero-order chi connectivity index (χ0) is 14.6. The van der Waals surface area contributed by atoms with Gasteiger partial charge in [0, 0.05) is 13.1 Å². The average Bonchev–Trinajstić information content (AvgIpc) is 2.72. The van der Waals surface area contributed by atoms with Gasteiger partial charge in [-0.1, -0.05) is 6.08 Å². The Labute approximate surface area is 114 Å². The molecule has 5 heteroatoms. The van der Waals surface area contributed by atoms with Crippen molar-refractivity contribution in [1.82, 2.24) is 4.90 Å². The van der Waals surface area contributed by atoms with Crippen molar-refractivity contribution in [2.75, 3.05) is 13.1 Å². The monoisotopic (exact) mass is 269 g/mol. The van der Waals surface area contributed by atoms with Crippen LogP contribution in [0.15, 0.2) is 12.7 Å². The maximum atomic E-state index is 11.9. The zero-order valence-electron chi connectivity index (χ0n) is 11.9. The summed E-state index contributed by atoms with van der Waals surface area (Å²) < 4.78 is 5.29. The Hall–Kier alpha value is -1.52. The van der Waals surface area contributed by atoms with E-state index in [2.05, 4.69) is 6.58 Å². The SMILES string of the molecule is C=CC[C@H](C(=O)O)[C@H]1CCN(C(=O)OC(C)(C)C)C1. The van der Waals surface area contributed by atoms with Gasteiger partial charge in [0.05, 0.1) is 5.92 Å². The van der Waals surface area contributed by atoms with E-state index in [-0.39, 0.29) is 12.0 Å². The minimum absolute atomic E-state index is 0.0250. The molecule has 0 radical (unpaired) electrons. The topological polar surface area (TPSA) is 66.8 Å². The molecule has 1 amide bonds. The number of hydrogen-bond donors (Lipinski definition) is 1. The Morgan fingerprint density at radius 1 is 1.53 bits per heavy atom. The molecule has 1 aliphatic heterocycles. The minimum atomic E-state index is -0.823. The number of aliphatic carboxylic acids is 1. The van der Waals surface area contributed by atoms with Gasteiger partial charge in [0.15, 0.2) is 0 Å². The van der Waals surface area contributed by atoms with E-state index in [1.165, 1.54) is 0 Å². The molecule has 0 saturated carbocycles. The molecule has 1 heterocycles. The molecule has 19 heavy (non-hydrogen) atoms. The molecule has 0 unspecified atom stereocenters. The Morgan fingerprint density at radius 2 is 2.16 bits per heavy atom.